The van der Waals surface area contributed by atoms with Gasteiger partial charge in [-0.15, -0.1) is 0 Å². The van der Waals surface area contributed by atoms with Crippen LogP contribution >= 0.6 is 11.6 Å². The van der Waals surface area contributed by atoms with Crippen molar-refractivity contribution in [2.45, 2.75) is 31.8 Å². The number of benzene rings is 1. The van der Waals surface area contributed by atoms with E-state index in [0.717, 1.165) is 12.0 Å². The summed E-state index contributed by atoms with van der Waals surface area (Å²) in [7, 11) is 0. The van der Waals surface area contributed by atoms with Gasteiger partial charge in [0.15, 0.2) is 0 Å². The largest absolute Gasteiger partial charge is 0.477 e. The molecule has 5 nitrogen and oxygen atoms in total. The Bertz CT molecular complexity index is 709. The van der Waals surface area contributed by atoms with Gasteiger partial charge in [-0.3, -0.25) is 0 Å². The van der Waals surface area contributed by atoms with Crippen LogP contribution in [-0.2, 0) is 5.54 Å². The van der Waals surface area contributed by atoms with Gasteiger partial charge in [-0.25, -0.2) is 9.48 Å². The number of nitrogens with one attached hydrogen (secondary N) is 1. The molecule has 1 atom stereocenters. The van der Waals surface area contributed by atoms with E-state index < -0.39 is 5.97 Å². The van der Waals surface area contributed by atoms with Crippen molar-refractivity contribution in [3.05, 3.63) is 46.6 Å². The molecule has 110 valence electrons. The number of carboxylic acids is 1. The van der Waals surface area contributed by atoms with E-state index in [1.54, 1.807) is 4.68 Å². The highest BCUT2D eigenvalue weighted by atomic mass is 35.5. The summed E-state index contributed by atoms with van der Waals surface area (Å²) in [5.74, 6) is -0.456. The molecule has 0 amide bonds. The van der Waals surface area contributed by atoms with Crippen LogP contribution < -0.4 is 5.32 Å². The second kappa shape index (κ2) is 4.77. The molecule has 1 aromatic heterocycles. The Morgan fingerprint density at radius 1 is 1.48 bits per heavy atom. The molecule has 0 aliphatic carbocycles. The zero-order valence-corrected chi connectivity index (χ0v) is 12.6. The number of hydrogen-bond donors (Lipinski definition) is 2. The number of carboxylic acid groups (broad SMARTS) is 1. The van der Waals surface area contributed by atoms with Crippen LogP contribution in [0.5, 0.6) is 0 Å². The SMILES string of the molecule is CC1(C)CC(c2ccccc2Cl)Nc2c(C(=O)O)cnn21. The van der Waals surface area contributed by atoms with Gasteiger partial charge in [0.2, 0.25) is 0 Å². The monoisotopic (exact) mass is 305 g/mol. The zero-order chi connectivity index (χ0) is 15.2. The normalized spacial score (nSPS) is 19.7. The number of aromatic nitrogens is 2. The van der Waals surface area contributed by atoms with Crippen molar-refractivity contribution in [3.63, 3.8) is 0 Å². The van der Waals surface area contributed by atoms with Crippen LogP contribution in [0, 0.1) is 0 Å². The molecule has 21 heavy (non-hydrogen) atoms. The van der Waals surface area contributed by atoms with Crippen molar-refractivity contribution in [2.24, 2.45) is 0 Å². The van der Waals surface area contributed by atoms with E-state index in [2.05, 4.69) is 10.4 Å². The molecule has 1 aliphatic rings. The van der Waals surface area contributed by atoms with Gasteiger partial charge in [0.1, 0.15) is 11.4 Å². The summed E-state index contributed by atoms with van der Waals surface area (Å²) in [5, 5.41) is 17.5. The molecule has 1 aliphatic heterocycles. The van der Waals surface area contributed by atoms with Crippen LogP contribution in [0.1, 0.15) is 42.2 Å². The average Bonchev–Trinajstić information content (AvgIpc) is 2.83. The van der Waals surface area contributed by atoms with Gasteiger partial charge in [-0.2, -0.15) is 5.10 Å². The van der Waals surface area contributed by atoms with Crippen molar-refractivity contribution in [2.75, 3.05) is 5.32 Å². The summed E-state index contributed by atoms with van der Waals surface area (Å²) in [5.41, 5.74) is 0.855. The molecule has 2 heterocycles. The van der Waals surface area contributed by atoms with Crippen LogP contribution in [0.4, 0.5) is 5.82 Å². The van der Waals surface area contributed by atoms with Crippen molar-refractivity contribution in [1.82, 2.24) is 9.78 Å². The van der Waals surface area contributed by atoms with Gasteiger partial charge in [0.05, 0.1) is 17.8 Å². The Morgan fingerprint density at radius 3 is 2.86 bits per heavy atom. The Morgan fingerprint density at radius 2 is 2.19 bits per heavy atom. The predicted octanol–water partition coefficient (Wildman–Crippen LogP) is 3.53. The number of halogens is 1. The molecule has 3 rings (SSSR count). The fourth-order valence-electron chi connectivity index (χ4n) is 2.85. The number of anilines is 1. The lowest BCUT2D eigenvalue weighted by Crippen LogP contribution is -2.38. The van der Waals surface area contributed by atoms with E-state index >= 15 is 0 Å². The lowest BCUT2D eigenvalue weighted by atomic mass is 9.89. The van der Waals surface area contributed by atoms with E-state index in [-0.39, 0.29) is 17.1 Å². The predicted molar refractivity (Wildman–Crippen MR) is 80.9 cm³/mol. The van der Waals surface area contributed by atoms with Gasteiger partial charge < -0.3 is 10.4 Å². The van der Waals surface area contributed by atoms with E-state index in [4.69, 9.17) is 11.6 Å². The lowest BCUT2D eigenvalue weighted by molar-refractivity contribution is 0.0697. The van der Waals surface area contributed by atoms with Crippen molar-refractivity contribution in [1.29, 1.82) is 0 Å². The van der Waals surface area contributed by atoms with Gasteiger partial charge >= 0.3 is 5.97 Å². The van der Waals surface area contributed by atoms with E-state index in [1.807, 2.05) is 38.1 Å². The summed E-state index contributed by atoms with van der Waals surface area (Å²) >= 11 is 6.28. The van der Waals surface area contributed by atoms with Crippen LogP contribution in [0.25, 0.3) is 0 Å². The first kappa shape index (κ1) is 13.9. The summed E-state index contributed by atoms with van der Waals surface area (Å²) in [4.78, 5) is 11.3. The maximum atomic E-state index is 11.3. The molecule has 0 radical (unpaired) electrons. The van der Waals surface area contributed by atoms with Gasteiger partial charge in [0.25, 0.3) is 0 Å². The smallest absolute Gasteiger partial charge is 0.341 e. The van der Waals surface area contributed by atoms with Crippen molar-refractivity contribution < 1.29 is 9.90 Å². The highest BCUT2D eigenvalue weighted by Gasteiger charge is 2.37. The number of rotatable bonds is 2. The highest BCUT2D eigenvalue weighted by Crippen LogP contribution is 2.41. The van der Waals surface area contributed by atoms with Gasteiger partial charge in [0, 0.05) is 5.02 Å². The maximum Gasteiger partial charge on any atom is 0.341 e. The second-order valence-electron chi connectivity index (χ2n) is 5.86. The Hall–Kier alpha value is -2.01. The Labute approximate surface area is 127 Å². The summed E-state index contributed by atoms with van der Waals surface area (Å²) < 4.78 is 1.74. The van der Waals surface area contributed by atoms with Gasteiger partial charge in [-0.05, 0) is 31.9 Å². The third-order valence-electron chi connectivity index (χ3n) is 3.87. The molecule has 2 aromatic rings. The van der Waals surface area contributed by atoms with Crippen LogP contribution in [-0.4, -0.2) is 20.9 Å². The zero-order valence-electron chi connectivity index (χ0n) is 11.8. The first-order chi connectivity index (χ1) is 9.90. The van der Waals surface area contributed by atoms with E-state index in [1.165, 1.54) is 6.20 Å². The quantitative estimate of drug-likeness (QED) is 0.890. The van der Waals surface area contributed by atoms with E-state index in [0.29, 0.717) is 10.8 Å². The first-order valence-corrected chi connectivity index (χ1v) is 7.11. The standard InChI is InChI=1S/C15H16ClN3O2/c1-15(2)7-12(9-5-3-4-6-11(9)16)18-13-10(14(20)21)8-17-19(13)15/h3-6,8,12,18H,7H2,1-2H3,(H,20,21). The fourth-order valence-corrected chi connectivity index (χ4v) is 3.12. The lowest BCUT2D eigenvalue weighted by Gasteiger charge is -2.38. The fraction of sp³-hybridized carbons (Fsp3) is 0.333. The number of fused-ring (bicyclic) bond motifs is 1. The molecule has 0 bridgehead atoms. The number of nitrogens with zero attached hydrogens (tertiary/aromatic N) is 2. The summed E-state index contributed by atoms with van der Waals surface area (Å²) in [6.07, 6.45) is 2.16. The molecule has 6 heteroatoms. The molecular weight excluding hydrogens is 290 g/mol. The minimum atomic E-state index is -0.987. The van der Waals surface area contributed by atoms with Crippen LogP contribution in [0.3, 0.4) is 0 Å². The van der Waals surface area contributed by atoms with E-state index in [9.17, 15) is 9.90 Å². The van der Waals surface area contributed by atoms with Gasteiger partial charge in [-0.1, -0.05) is 29.8 Å². The molecule has 0 saturated heterocycles. The van der Waals surface area contributed by atoms with Crippen LogP contribution in [0.2, 0.25) is 5.02 Å². The topological polar surface area (TPSA) is 67.2 Å². The van der Waals surface area contributed by atoms with Crippen molar-refractivity contribution >= 4 is 23.4 Å². The van der Waals surface area contributed by atoms with Crippen molar-refractivity contribution in [3.8, 4) is 0 Å². The molecule has 0 spiro atoms. The minimum absolute atomic E-state index is 0.0454. The third-order valence-corrected chi connectivity index (χ3v) is 4.21. The average molecular weight is 306 g/mol. The molecule has 0 saturated carbocycles. The molecule has 2 N–H and O–H groups in total. The minimum Gasteiger partial charge on any atom is -0.477 e. The number of carbonyl (C=O) groups is 1. The second-order valence-corrected chi connectivity index (χ2v) is 6.27. The number of aromatic carboxylic acids is 1. The summed E-state index contributed by atoms with van der Waals surface area (Å²) in [6, 6.07) is 7.57. The maximum absolute atomic E-state index is 11.3. The highest BCUT2D eigenvalue weighted by molar-refractivity contribution is 6.31. The number of hydrogen-bond acceptors (Lipinski definition) is 3. The Balaban J connectivity index is 2.08. The third kappa shape index (κ3) is 2.27. The first-order valence-electron chi connectivity index (χ1n) is 6.73. The molecule has 1 aromatic carbocycles. The molecule has 1 unspecified atom stereocenters. The Kier molecular flexibility index (Phi) is 3.17. The molecule has 0 fully saturated rings. The molecular formula is C15H16ClN3O2. The summed E-state index contributed by atoms with van der Waals surface area (Å²) in [6.45, 7) is 4.08. The van der Waals surface area contributed by atoms with Crippen LogP contribution in [0.15, 0.2) is 30.5 Å².